The van der Waals surface area contributed by atoms with Gasteiger partial charge in [0.2, 0.25) is 0 Å². The number of aliphatic hydroxyl groups excluding tert-OH is 1. The molecule has 212 valence electrons. The van der Waals surface area contributed by atoms with E-state index < -0.39 is 12.1 Å². The minimum atomic E-state index is -0.730. The van der Waals surface area contributed by atoms with Crippen LogP contribution in [-0.4, -0.2) is 46.9 Å². The zero-order valence-corrected chi connectivity index (χ0v) is 25.3. The van der Waals surface area contributed by atoms with Crippen LogP contribution >= 0.6 is 11.9 Å². The highest BCUT2D eigenvalue weighted by molar-refractivity contribution is 7.99. The zero-order chi connectivity index (χ0) is 28.2. The molecule has 0 saturated carbocycles. The smallest absolute Gasteiger partial charge is 0.251 e. The zero-order valence-electron chi connectivity index (χ0n) is 24.5. The highest BCUT2D eigenvalue weighted by Crippen LogP contribution is 2.39. The molecule has 2 aromatic carbocycles. The fraction of sp³-hybridized carbons (Fsp3) is 0.531. The van der Waals surface area contributed by atoms with Crippen molar-refractivity contribution in [1.82, 2.24) is 15.2 Å². The second-order valence-corrected chi connectivity index (χ2v) is 13.1. The molecule has 2 atom stereocenters. The van der Waals surface area contributed by atoms with Crippen molar-refractivity contribution >= 4 is 34.4 Å². The van der Waals surface area contributed by atoms with E-state index in [1.165, 1.54) is 17.5 Å². The van der Waals surface area contributed by atoms with Crippen LogP contribution in [-0.2, 0) is 18.7 Å². The van der Waals surface area contributed by atoms with Crippen LogP contribution in [0.3, 0.4) is 0 Å². The number of aryl methyl sites for hydroxylation is 1. The van der Waals surface area contributed by atoms with Crippen molar-refractivity contribution in [2.45, 2.75) is 90.3 Å². The molecule has 1 aliphatic heterocycles. The van der Waals surface area contributed by atoms with Crippen LogP contribution < -0.4 is 14.9 Å². The molecule has 1 aliphatic rings. The molecule has 0 bridgehead atoms. The molecule has 6 nitrogen and oxygen atoms in total. The Balaban J connectivity index is 1.53. The summed E-state index contributed by atoms with van der Waals surface area (Å²) in [6.45, 7) is 11.5. The molecule has 1 amide bonds. The number of anilines is 1. The van der Waals surface area contributed by atoms with Crippen LogP contribution in [0, 0.1) is 5.92 Å². The molecule has 4 rings (SSSR count). The number of nitrogens with zero attached hydrogens (tertiary/aromatic N) is 2. The van der Waals surface area contributed by atoms with Crippen LogP contribution in [0.2, 0.25) is 0 Å². The Bertz CT molecular complexity index is 1250. The van der Waals surface area contributed by atoms with Gasteiger partial charge in [0, 0.05) is 36.3 Å². The normalized spacial score (nSPS) is 15.1. The van der Waals surface area contributed by atoms with Crippen LogP contribution in [0.5, 0.6) is 0 Å². The summed E-state index contributed by atoms with van der Waals surface area (Å²) < 4.78 is 4.44. The van der Waals surface area contributed by atoms with Gasteiger partial charge >= 0.3 is 0 Å². The summed E-state index contributed by atoms with van der Waals surface area (Å²) in [6, 6.07) is 13.7. The third-order valence-corrected chi connectivity index (χ3v) is 8.84. The van der Waals surface area contributed by atoms with Gasteiger partial charge in [0.05, 0.1) is 29.2 Å². The van der Waals surface area contributed by atoms with E-state index in [0.29, 0.717) is 24.4 Å². The number of carbonyl (C=O) groups is 1. The summed E-state index contributed by atoms with van der Waals surface area (Å²) in [7, 11) is 2.06. The first kappa shape index (κ1) is 29.5. The molecule has 0 radical (unpaired) electrons. The maximum Gasteiger partial charge on any atom is 0.251 e. The van der Waals surface area contributed by atoms with Crippen molar-refractivity contribution in [3.05, 3.63) is 65.4 Å². The van der Waals surface area contributed by atoms with Crippen LogP contribution in [0.25, 0.3) is 10.9 Å². The number of hydrogen-bond acceptors (Lipinski definition) is 5. The highest BCUT2D eigenvalue weighted by Gasteiger charge is 2.27. The standard InChI is InChI=1S/C32H46N4O2S/c1-7-24-20-36-21-39-35(6)28-18-25(17-26(24)30(28)36)31(38)34-27(16-23-13-9-8-10-14-23)29(37)19-33-32(4,5)15-11-12-22(2)3/h8-10,13-14,17-18,20,22,27,29,33,37H,7,11-12,15-16,19,21H2,1-6H3,(H,34,38)/t27-,29+/m0/s1. The lowest BCUT2D eigenvalue weighted by molar-refractivity contribution is 0.0812. The molecule has 3 N–H and O–H groups in total. The quantitative estimate of drug-likeness (QED) is 0.223. The van der Waals surface area contributed by atoms with Gasteiger partial charge in [0.25, 0.3) is 5.91 Å². The SMILES string of the molecule is CCc1cn2c3c(cc(C(=O)N[C@@H](Cc4ccccc4)[C@H](O)CNC(C)(C)CCCC(C)C)cc13)N(C)SC2. The molecule has 39 heavy (non-hydrogen) atoms. The fourth-order valence-corrected chi connectivity index (χ4v) is 6.21. The summed E-state index contributed by atoms with van der Waals surface area (Å²) in [4.78, 5) is 13.7. The predicted molar refractivity (Wildman–Crippen MR) is 165 cm³/mol. The second-order valence-electron chi connectivity index (χ2n) is 12.0. The predicted octanol–water partition coefficient (Wildman–Crippen LogP) is 6.16. The van der Waals surface area contributed by atoms with Gasteiger partial charge in [-0.25, -0.2) is 0 Å². The third kappa shape index (κ3) is 7.38. The van der Waals surface area contributed by atoms with E-state index in [1.807, 2.05) is 42.5 Å². The Labute approximate surface area is 238 Å². The number of aliphatic hydroxyl groups is 1. The van der Waals surface area contributed by atoms with E-state index in [1.54, 1.807) is 11.9 Å². The molecule has 2 heterocycles. The Morgan fingerprint density at radius 2 is 1.92 bits per heavy atom. The van der Waals surface area contributed by atoms with E-state index in [4.69, 9.17) is 0 Å². The molecular weight excluding hydrogens is 504 g/mol. The average Bonchev–Trinajstić information content (AvgIpc) is 3.27. The van der Waals surface area contributed by atoms with Gasteiger partial charge in [-0.2, -0.15) is 0 Å². The van der Waals surface area contributed by atoms with Gasteiger partial charge in [-0.1, -0.05) is 63.9 Å². The van der Waals surface area contributed by atoms with Crippen molar-refractivity contribution in [1.29, 1.82) is 0 Å². The van der Waals surface area contributed by atoms with Crippen LogP contribution in [0.1, 0.15) is 75.4 Å². The van der Waals surface area contributed by atoms with Crippen molar-refractivity contribution in [2.24, 2.45) is 5.92 Å². The first-order valence-electron chi connectivity index (χ1n) is 14.4. The van der Waals surface area contributed by atoms with E-state index in [2.05, 4.69) is 67.4 Å². The minimum absolute atomic E-state index is 0.0865. The lowest BCUT2D eigenvalue weighted by Gasteiger charge is -2.31. The second kappa shape index (κ2) is 12.8. The number of aromatic nitrogens is 1. The van der Waals surface area contributed by atoms with Gasteiger partial charge in [0.1, 0.15) is 0 Å². The largest absolute Gasteiger partial charge is 0.390 e. The number of carbonyl (C=O) groups excluding carboxylic acids is 1. The summed E-state index contributed by atoms with van der Waals surface area (Å²) >= 11 is 1.73. The Hall–Kier alpha value is -2.48. The Morgan fingerprint density at radius 3 is 2.62 bits per heavy atom. The molecule has 1 aromatic heterocycles. The first-order valence-corrected chi connectivity index (χ1v) is 15.3. The molecule has 3 aromatic rings. The van der Waals surface area contributed by atoms with E-state index in [-0.39, 0.29) is 11.4 Å². The highest BCUT2D eigenvalue weighted by atomic mass is 32.2. The van der Waals surface area contributed by atoms with Gasteiger partial charge in [-0.3, -0.25) is 4.79 Å². The van der Waals surface area contributed by atoms with Crippen molar-refractivity contribution < 1.29 is 9.90 Å². The van der Waals surface area contributed by atoms with E-state index >= 15 is 0 Å². The number of rotatable bonds is 13. The fourth-order valence-electron chi connectivity index (χ4n) is 5.43. The lowest BCUT2D eigenvalue weighted by Crippen LogP contribution is -2.52. The maximum absolute atomic E-state index is 13.7. The molecule has 0 aliphatic carbocycles. The lowest BCUT2D eigenvalue weighted by atomic mass is 9.93. The number of nitrogens with one attached hydrogen (secondary N) is 2. The first-order chi connectivity index (χ1) is 18.6. The Kier molecular flexibility index (Phi) is 9.68. The van der Waals surface area contributed by atoms with Crippen molar-refractivity contribution in [3.63, 3.8) is 0 Å². The molecule has 7 heteroatoms. The number of β-amino-alcohol motifs (C(OH)–C–C–N with tert-alkyl or cyclic N) is 1. The third-order valence-electron chi connectivity index (χ3n) is 7.86. The summed E-state index contributed by atoms with van der Waals surface area (Å²) in [5, 5.41) is 19.3. The van der Waals surface area contributed by atoms with Gasteiger partial charge in [-0.15, -0.1) is 0 Å². The van der Waals surface area contributed by atoms with Crippen molar-refractivity contribution in [2.75, 3.05) is 17.9 Å². The summed E-state index contributed by atoms with van der Waals surface area (Å²) in [6.07, 6.45) is 6.35. The number of amides is 1. The molecular formula is C32H46N4O2S. The molecule has 0 fully saturated rings. The Morgan fingerprint density at radius 1 is 1.18 bits per heavy atom. The van der Waals surface area contributed by atoms with Crippen LogP contribution in [0.4, 0.5) is 5.69 Å². The maximum atomic E-state index is 13.7. The number of hydrogen-bond donors (Lipinski definition) is 3. The number of benzene rings is 2. The average molecular weight is 551 g/mol. The van der Waals surface area contributed by atoms with E-state index in [9.17, 15) is 9.90 Å². The minimum Gasteiger partial charge on any atom is -0.390 e. The summed E-state index contributed by atoms with van der Waals surface area (Å²) in [5.74, 6) is 1.41. The summed E-state index contributed by atoms with van der Waals surface area (Å²) in [5.41, 5.74) is 5.13. The van der Waals surface area contributed by atoms with Crippen molar-refractivity contribution in [3.8, 4) is 0 Å². The monoisotopic (exact) mass is 550 g/mol. The molecule has 0 saturated heterocycles. The van der Waals surface area contributed by atoms with Gasteiger partial charge in [0.15, 0.2) is 0 Å². The van der Waals surface area contributed by atoms with E-state index in [0.717, 1.165) is 41.8 Å². The molecule has 0 unspecified atom stereocenters. The van der Waals surface area contributed by atoms with Gasteiger partial charge < -0.3 is 24.6 Å². The van der Waals surface area contributed by atoms with Gasteiger partial charge in [-0.05, 0) is 74.2 Å². The molecule has 0 spiro atoms. The van der Waals surface area contributed by atoms with Crippen LogP contribution in [0.15, 0.2) is 48.7 Å². The topological polar surface area (TPSA) is 69.5 Å².